The molecule has 0 aliphatic carbocycles. The van der Waals surface area contributed by atoms with Gasteiger partial charge in [-0.25, -0.2) is 14.6 Å². The van der Waals surface area contributed by atoms with Crippen molar-refractivity contribution in [3.8, 4) is 5.75 Å². The van der Waals surface area contributed by atoms with Crippen LogP contribution < -0.4 is 10.2 Å². The molecule has 0 heterocycles. The second-order valence-corrected chi connectivity index (χ2v) is 6.34. The highest BCUT2D eigenvalue weighted by Gasteiger charge is 2.13. The van der Waals surface area contributed by atoms with E-state index >= 15 is 0 Å². The summed E-state index contributed by atoms with van der Waals surface area (Å²) in [6.07, 6.45) is 1.35. The first-order chi connectivity index (χ1) is 14.9. The lowest BCUT2D eigenvalue weighted by Crippen LogP contribution is -2.19. The van der Waals surface area contributed by atoms with Crippen LogP contribution in [0.1, 0.15) is 21.5 Å². The standard InChI is InChI=1S/C22H16FN3O5/c23-20-7-2-1-6-19(20)22(28)31-18-5-3-4-16(12-18)14-24-25-21(27)13-15-8-10-17(11-9-15)26(29)30/h1-12,14H,13H2,(H,25,27)/b24-14-. The summed E-state index contributed by atoms with van der Waals surface area (Å²) >= 11 is 0. The van der Waals surface area contributed by atoms with E-state index in [9.17, 15) is 24.1 Å². The normalized spacial score (nSPS) is 10.6. The zero-order chi connectivity index (χ0) is 22.2. The third kappa shape index (κ3) is 6.04. The molecule has 0 radical (unpaired) electrons. The molecule has 0 bridgehead atoms. The van der Waals surface area contributed by atoms with Crippen LogP contribution in [0.25, 0.3) is 0 Å². The van der Waals surface area contributed by atoms with E-state index in [1.165, 1.54) is 66.9 Å². The van der Waals surface area contributed by atoms with E-state index in [0.29, 0.717) is 11.1 Å². The van der Waals surface area contributed by atoms with E-state index in [0.717, 1.165) is 0 Å². The number of benzene rings is 3. The molecule has 8 nitrogen and oxygen atoms in total. The molecule has 0 aliphatic rings. The van der Waals surface area contributed by atoms with Crippen LogP contribution in [-0.4, -0.2) is 23.0 Å². The van der Waals surface area contributed by atoms with Gasteiger partial charge in [0.05, 0.1) is 23.1 Å². The molecule has 0 spiro atoms. The first-order valence-corrected chi connectivity index (χ1v) is 9.04. The Hall–Kier alpha value is -4.40. The lowest BCUT2D eigenvalue weighted by Gasteiger charge is -2.05. The average Bonchev–Trinajstić information content (AvgIpc) is 2.74. The quantitative estimate of drug-likeness (QED) is 0.206. The Morgan fingerprint density at radius 3 is 2.52 bits per heavy atom. The summed E-state index contributed by atoms with van der Waals surface area (Å²) in [5.74, 6) is -1.73. The number of esters is 1. The molecule has 0 saturated carbocycles. The van der Waals surface area contributed by atoms with Gasteiger partial charge in [0.1, 0.15) is 11.6 Å². The van der Waals surface area contributed by atoms with Crippen LogP contribution >= 0.6 is 0 Å². The molecule has 0 fully saturated rings. The molecule has 3 aromatic rings. The molecule has 1 N–H and O–H groups in total. The molecule has 3 aromatic carbocycles. The number of hydrogen-bond acceptors (Lipinski definition) is 6. The molecule has 3 rings (SSSR count). The maximum absolute atomic E-state index is 13.7. The summed E-state index contributed by atoms with van der Waals surface area (Å²) in [5.41, 5.74) is 3.25. The van der Waals surface area contributed by atoms with Crippen molar-refractivity contribution < 1.29 is 23.6 Å². The van der Waals surface area contributed by atoms with E-state index in [-0.39, 0.29) is 23.4 Å². The average molecular weight is 421 g/mol. The van der Waals surface area contributed by atoms with Gasteiger partial charge in [-0.15, -0.1) is 0 Å². The summed E-state index contributed by atoms with van der Waals surface area (Å²) in [6.45, 7) is 0. The molecule has 0 atom stereocenters. The largest absolute Gasteiger partial charge is 0.423 e. The number of nitro benzene ring substituents is 1. The number of amides is 1. The van der Waals surface area contributed by atoms with Gasteiger partial charge in [-0.05, 0) is 35.4 Å². The minimum Gasteiger partial charge on any atom is -0.423 e. The van der Waals surface area contributed by atoms with Crippen LogP contribution in [0.15, 0.2) is 77.9 Å². The van der Waals surface area contributed by atoms with Crippen molar-refractivity contribution in [2.45, 2.75) is 6.42 Å². The van der Waals surface area contributed by atoms with Crippen molar-refractivity contribution >= 4 is 23.8 Å². The first-order valence-electron chi connectivity index (χ1n) is 9.04. The lowest BCUT2D eigenvalue weighted by atomic mass is 10.1. The molecule has 0 saturated heterocycles. The number of nitrogens with zero attached hydrogens (tertiary/aromatic N) is 2. The van der Waals surface area contributed by atoms with Crippen LogP contribution in [0.3, 0.4) is 0 Å². The summed E-state index contributed by atoms with van der Waals surface area (Å²) < 4.78 is 18.9. The van der Waals surface area contributed by atoms with Crippen molar-refractivity contribution in [3.63, 3.8) is 0 Å². The summed E-state index contributed by atoms with van der Waals surface area (Å²) in [6, 6.07) is 17.4. The Balaban J connectivity index is 1.56. The topological polar surface area (TPSA) is 111 Å². The van der Waals surface area contributed by atoms with Crippen molar-refractivity contribution in [2.75, 3.05) is 0 Å². The van der Waals surface area contributed by atoms with Crippen molar-refractivity contribution in [3.05, 3.63) is 105 Å². The summed E-state index contributed by atoms with van der Waals surface area (Å²) in [4.78, 5) is 34.2. The van der Waals surface area contributed by atoms with Gasteiger partial charge in [0.15, 0.2) is 0 Å². The number of hydrogen-bond donors (Lipinski definition) is 1. The number of carbonyl (C=O) groups is 2. The number of ether oxygens (including phenoxy) is 1. The van der Waals surface area contributed by atoms with Crippen molar-refractivity contribution in [1.82, 2.24) is 5.43 Å². The van der Waals surface area contributed by atoms with Crippen molar-refractivity contribution in [1.29, 1.82) is 0 Å². The third-order valence-electron chi connectivity index (χ3n) is 4.08. The number of non-ortho nitro benzene ring substituents is 1. The molecule has 0 aliphatic heterocycles. The second-order valence-electron chi connectivity index (χ2n) is 6.34. The van der Waals surface area contributed by atoms with Gasteiger partial charge in [-0.2, -0.15) is 5.10 Å². The number of rotatable bonds is 7. The maximum atomic E-state index is 13.7. The van der Waals surface area contributed by atoms with Crippen LogP contribution in [0.5, 0.6) is 5.75 Å². The number of hydrazone groups is 1. The summed E-state index contributed by atoms with van der Waals surface area (Å²) in [5, 5.41) is 14.5. The number of nitro groups is 1. The van der Waals surface area contributed by atoms with E-state index in [1.54, 1.807) is 12.1 Å². The molecule has 9 heteroatoms. The van der Waals surface area contributed by atoms with E-state index in [2.05, 4.69) is 10.5 Å². The molecule has 31 heavy (non-hydrogen) atoms. The fraction of sp³-hybridized carbons (Fsp3) is 0.0455. The number of halogens is 1. The van der Waals surface area contributed by atoms with Gasteiger partial charge in [0.2, 0.25) is 5.91 Å². The smallest absolute Gasteiger partial charge is 0.346 e. The van der Waals surface area contributed by atoms with Crippen LogP contribution in [-0.2, 0) is 11.2 Å². The predicted molar refractivity (Wildman–Crippen MR) is 110 cm³/mol. The van der Waals surface area contributed by atoms with E-state index in [4.69, 9.17) is 4.74 Å². The van der Waals surface area contributed by atoms with Crippen LogP contribution in [0.2, 0.25) is 0 Å². The third-order valence-corrected chi connectivity index (χ3v) is 4.08. The van der Waals surface area contributed by atoms with Gasteiger partial charge in [-0.3, -0.25) is 14.9 Å². The minimum absolute atomic E-state index is 0.00434. The number of nitrogens with one attached hydrogen (secondary N) is 1. The van der Waals surface area contributed by atoms with Gasteiger partial charge in [0.25, 0.3) is 5.69 Å². The zero-order valence-corrected chi connectivity index (χ0v) is 16.0. The zero-order valence-electron chi connectivity index (χ0n) is 16.0. The Kier molecular flexibility index (Phi) is 6.79. The van der Waals surface area contributed by atoms with E-state index in [1.807, 2.05) is 0 Å². The fourth-order valence-electron chi connectivity index (χ4n) is 2.59. The second kappa shape index (κ2) is 9.88. The number of carbonyl (C=O) groups excluding carboxylic acids is 2. The SMILES string of the molecule is O=C(Cc1ccc([N+](=O)[O-])cc1)N/N=C\c1cccc(OC(=O)c2ccccc2F)c1. The van der Waals surface area contributed by atoms with Crippen LogP contribution in [0.4, 0.5) is 10.1 Å². The summed E-state index contributed by atoms with van der Waals surface area (Å²) in [7, 11) is 0. The van der Waals surface area contributed by atoms with E-state index < -0.39 is 22.6 Å². The molecule has 156 valence electrons. The first kappa shape index (κ1) is 21.3. The highest BCUT2D eigenvalue weighted by atomic mass is 19.1. The molecular formula is C22H16FN3O5. The molecular weight excluding hydrogens is 405 g/mol. The van der Waals surface area contributed by atoms with Gasteiger partial charge >= 0.3 is 5.97 Å². The van der Waals surface area contributed by atoms with Gasteiger partial charge in [0, 0.05) is 12.1 Å². The Bertz CT molecular complexity index is 1150. The highest BCUT2D eigenvalue weighted by Crippen LogP contribution is 2.16. The molecule has 1 amide bonds. The minimum atomic E-state index is -0.830. The van der Waals surface area contributed by atoms with Crippen molar-refractivity contribution in [2.24, 2.45) is 5.10 Å². The van der Waals surface area contributed by atoms with Gasteiger partial charge in [-0.1, -0.05) is 36.4 Å². The lowest BCUT2D eigenvalue weighted by molar-refractivity contribution is -0.384. The molecule has 0 aromatic heterocycles. The maximum Gasteiger partial charge on any atom is 0.346 e. The van der Waals surface area contributed by atoms with Gasteiger partial charge < -0.3 is 4.74 Å². The monoisotopic (exact) mass is 421 g/mol. The predicted octanol–water partition coefficient (Wildman–Crippen LogP) is 3.65. The fourth-order valence-corrected chi connectivity index (χ4v) is 2.59. The Labute approximate surface area is 176 Å². The Morgan fingerprint density at radius 1 is 1.06 bits per heavy atom. The highest BCUT2D eigenvalue weighted by molar-refractivity contribution is 5.91. The molecule has 0 unspecified atom stereocenters. The van der Waals surface area contributed by atoms with Crippen LogP contribution in [0, 0.1) is 15.9 Å². The Morgan fingerprint density at radius 2 is 1.81 bits per heavy atom.